The quantitative estimate of drug-likeness (QED) is 0.813. The van der Waals surface area contributed by atoms with Gasteiger partial charge in [-0.15, -0.1) is 0 Å². The third-order valence-electron chi connectivity index (χ3n) is 2.46. The first kappa shape index (κ1) is 9.93. The fourth-order valence-electron chi connectivity index (χ4n) is 1.70. The van der Waals surface area contributed by atoms with E-state index in [2.05, 4.69) is 4.98 Å². The molecule has 2 N–H and O–H groups in total. The van der Waals surface area contributed by atoms with Crippen LogP contribution < -0.4 is 5.73 Å². The molecule has 0 radical (unpaired) electrons. The van der Waals surface area contributed by atoms with Crippen molar-refractivity contribution in [1.82, 2.24) is 4.98 Å². The minimum absolute atomic E-state index is 0.156. The van der Waals surface area contributed by atoms with Gasteiger partial charge in [-0.1, -0.05) is 6.07 Å². The molecule has 2 rings (SSSR count). The molecule has 0 aliphatic heterocycles. The van der Waals surface area contributed by atoms with Crippen molar-refractivity contribution in [2.75, 3.05) is 0 Å². The highest BCUT2D eigenvalue weighted by atomic mass is 16.3. The molecule has 2 heterocycles. The van der Waals surface area contributed by atoms with E-state index in [4.69, 9.17) is 10.2 Å². The van der Waals surface area contributed by atoms with Gasteiger partial charge in [0.05, 0.1) is 6.04 Å². The van der Waals surface area contributed by atoms with Crippen LogP contribution in [-0.2, 0) is 0 Å². The smallest absolute Gasteiger partial charge is 0.106 e. The highest BCUT2D eigenvalue weighted by Crippen LogP contribution is 2.24. The number of furan rings is 1. The largest absolute Gasteiger partial charge is 0.466 e. The third kappa shape index (κ3) is 1.92. The van der Waals surface area contributed by atoms with Crippen molar-refractivity contribution in [3.63, 3.8) is 0 Å². The van der Waals surface area contributed by atoms with Crippen molar-refractivity contribution in [2.24, 2.45) is 5.73 Å². The van der Waals surface area contributed by atoms with Crippen LogP contribution in [0.25, 0.3) is 0 Å². The summed E-state index contributed by atoms with van der Waals surface area (Å²) in [6.45, 7) is 3.85. The van der Waals surface area contributed by atoms with Crippen molar-refractivity contribution in [3.8, 4) is 0 Å². The first-order chi connectivity index (χ1) is 7.18. The normalized spacial score (nSPS) is 12.7. The molecular weight excluding hydrogens is 188 g/mol. The van der Waals surface area contributed by atoms with E-state index in [0.717, 1.165) is 22.6 Å². The maximum Gasteiger partial charge on any atom is 0.106 e. The average Bonchev–Trinajstić information content (AvgIpc) is 2.58. The van der Waals surface area contributed by atoms with Crippen molar-refractivity contribution in [1.29, 1.82) is 0 Å². The third-order valence-corrected chi connectivity index (χ3v) is 2.46. The van der Waals surface area contributed by atoms with Gasteiger partial charge < -0.3 is 10.2 Å². The molecule has 78 valence electrons. The van der Waals surface area contributed by atoms with E-state index in [1.54, 1.807) is 12.4 Å². The molecule has 15 heavy (non-hydrogen) atoms. The summed E-state index contributed by atoms with van der Waals surface area (Å²) < 4.78 is 5.46. The molecule has 0 aliphatic carbocycles. The molecule has 0 spiro atoms. The van der Waals surface area contributed by atoms with Crippen LogP contribution >= 0.6 is 0 Å². The Hall–Kier alpha value is -1.61. The minimum atomic E-state index is -0.156. The molecule has 3 heteroatoms. The van der Waals surface area contributed by atoms with Crippen LogP contribution in [0.2, 0.25) is 0 Å². The van der Waals surface area contributed by atoms with Crippen LogP contribution in [0, 0.1) is 13.8 Å². The zero-order valence-electron chi connectivity index (χ0n) is 8.90. The van der Waals surface area contributed by atoms with Gasteiger partial charge >= 0.3 is 0 Å². The molecule has 0 saturated carbocycles. The second-order valence-electron chi connectivity index (χ2n) is 3.63. The van der Waals surface area contributed by atoms with Crippen LogP contribution in [0.3, 0.4) is 0 Å². The Morgan fingerprint density at radius 1 is 1.40 bits per heavy atom. The number of pyridine rings is 1. The van der Waals surface area contributed by atoms with E-state index in [1.165, 1.54) is 0 Å². The van der Waals surface area contributed by atoms with Gasteiger partial charge in [0.2, 0.25) is 0 Å². The predicted octanol–water partition coefficient (Wildman–Crippen LogP) is 2.34. The second-order valence-corrected chi connectivity index (χ2v) is 3.63. The van der Waals surface area contributed by atoms with Gasteiger partial charge in [0.1, 0.15) is 11.5 Å². The molecule has 0 aliphatic rings. The summed E-state index contributed by atoms with van der Waals surface area (Å²) in [5, 5.41) is 0. The van der Waals surface area contributed by atoms with E-state index in [0.29, 0.717) is 0 Å². The molecule has 0 amide bonds. The minimum Gasteiger partial charge on any atom is -0.466 e. The highest BCUT2D eigenvalue weighted by Gasteiger charge is 2.14. The standard InChI is InChI=1S/C12H14N2O/c1-8-6-11(9(2)15-8)12(13)10-4-3-5-14-7-10/h3-7,12H,13H2,1-2H3. The molecule has 0 saturated heterocycles. The summed E-state index contributed by atoms with van der Waals surface area (Å²) in [4.78, 5) is 4.06. The summed E-state index contributed by atoms with van der Waals surface area (Å²) in [7, 11) is 0. The SMILES string of the molecule is Cc1cc(C(N)c2cccnc2)c(C)o1. The molecule has 2 aromatic heterocycles. The van der Waals surface area contributed by atoms with Crippen molar-refractivity contribution < 1.29 is 4.42 Å². The van der Waals surface area contributed by atoms with Crippen molar-refractivity contribution in [3.05, 3.63) is 53.2 Å². The maximum atomic E-state index is 6.13. The zero-order chi connectivity index (χ0) is 10.8. The van der Waals surface area contributed by atoms with E-state index in [-0.39, 0.29) is 6.04 Å². The van der Waals surface area contributed by atoms with Gasteiger partial charge in [-0.25, -0.2) is 0 Å². The average molecular weight is 202 g/mol. The van der Waals surface area contributed by atoms with Gasteiger partial charge in [0.25, 0.3) is 0 Å². The fraction of sp³-hybridized carbons (Fsp3) is 0.250. The maximum absolute atomic E-state index is 6.13. The Bertz CT molecular complexity index is 448. The number of aryl methyl sites for hydroxylation is 2. The molecule has 3 nitrogen and oxygen atoms in total. The number of rotatable bonds is 2. The van der Waals surface area contributed by atoms with Crippen LogP contribution in [0.4, 0.5) is 0 Å². The summed E-state index contributed by atoms with van der Waals surface area (Å²) in [5.41, 5.74) is 8.16. The lowest BCUT2D eigenvalue weighted by Gasteiger charge is -2.09. The second kappa shape index (κ2) is 3.87. The highest BCUT2D eigenvalue weighted by molar-refractivity contribution is 5.32. The Balaban J connectivity index is 2.36. The summed E-state index contributed by atoms with van der Waals surface area (Å²) in [5.74, 6) is 1.77. The Labute approximate surface area is 88.9 Å². The molecule has 1 unspecified atom stereocenters. The topological polar surface area (TPSA) is 52.0 Å². The monoisotopic (exact) mass is 202 g/mol. The summed E-state index contributed by atoms with van der Waals surface area (Å²) in [6, 6.07) is 5.68. The lowest BCUT2D eigenvalue weighted by molar-refractivity contribution is 0.499. The van der Waals surface area contributed by atoms with Crippen molar-refractivity contribution in [2.45, 2.75) is 19.9 Å². The van der Waals surface area contributed by atoms with E-state index < -0.39 is 0 Å². The zero-order valence-corrected chi connectivity index (χ0v) is 8.90. The van der Waals surface area contributed by atoms with Gasteiger partial charge in [-0.2, -0.15) is 0 Å². The van der Waals surface area contributed by atoms with Crippen LogP contribution in [0.1, 0.15) is 28.7 Å². The van der Waals surface area contributed by atoms with Gasteiger partial charge in [-0.3, -0.25) is 4.98 Å². The van der Waals surface area contributed by atoms with Crippen LogP contribution in [0.15, 0.2) is 35.0 Å². The van der Waals surface area contributed by atoms with E-state index >= 15 is 0 Å². The molecule has 0 aromatic carbocycles. The van der Waals surface area contributed by atoms with Crippen molar-refractivity contribution >= 4 is 0 Å². The molecule has 0 bridgehead atoms. The number of hydrogen-bond acceptors (Lipinski definition) is 3. The summed E-state index contributed by atoms with van der Waals surface area (Å²) in [6.07, 6.45) is 3.52. The Kier molecular flexibility index (Phi) is 2.56. The Morgan fingerprint density at radius 2 is 2.20 bits per heavy atom. The number of aromatic nitrogens is 1. The molecule has 1 atom stereocenters. The number of hydrogen-bond donors (Lipinski definition) is 1. The first-order valence-electron chi connectivity index (χ1n) is 4.91. The fourth-order valence-corrected chi connectivity index (χ4v) is 1.70. The summed E-state index contributed by atoms with van der Waals surface area (Å²) >= 11 is 0. The van der Waals surface area contributed by atoms with Gasteiger partial charge in [-0.05, 0) is 31.5 Å². The van der Waals surface area contributed by atoms with Gasteiger partial charge in [0, 0.05) is 18.0 Å². The lowest BCUT2D eigenvalue weighted by atomic mass is 10.0. The van der Waals surface area contributed by atoms with E-state index in [9.17, 15) is 0 Å². The molecule has 0 fully saturated rings. The molecular formula is C12H14N2O. The first-order valence-corrected chi connectivity index (χ1v) is 4.91. The lowest BCUT2D eigenvalue weighted by Crippen LogP contribution is -2.12. The number of nitrogens with two attached hydrogens (primary N) is 1. The Morgan fingerprint density at radius 3 is 2.73 bits per heavy atom. The number of nitrogens with zero attached hydrogens (tertiary/aromatic N) is 1. The van der Waals surface area contributed by atoms with E-state index in [1.807, 2.05) is 32.0 Å². The van der Waals surface area contributed by atoms with Gasteiger partial charge in [0.15, 0.2) is 0 Å². The van der Waals surface area contributed by atoms with Crippen LogP contribution in [-0.4, -0.2) is 4.98 Å². The molecule has 2 aromatic rings. The van der Waals surface area contributed by atoms with Crippen LogP contribution in [0.5, 0.6) is 0 Å². The predicted molar refractivity (Wildman–Crippen MR) is 58.4 cm³/mol.